The average molecular weight is 369 g/mol. The number of rotatable bonds is 9. The zero-order valence-electron chi connectivity index (χ0n) is 16.0. The van der Waals surface area contributed by atoms with Crippen LogP contribution < -0.4 is 14.8 Å². The maximum absolute atomic E-state index is 11.7. The van der Waals surface area contributed by atoms with E-state index in [0.717, 1.165) is 36.8 Å². The molecule has 0 aromatic heterocycles. The van der Waals surface area contributed by atoms with E-state index in [0.29, 0.717) is 24.5 Å². The Balaban J connectivity index is 1.90. The van der Waals surface area contributed by atoms with E-state index in [1.165, 1.54) is 0 Å². The van der Waals surface area contributed by atoms with Gasteiger partial charge in [0.15, 0.2) is 0 Å². The van der Waals surface area contributed by atoms with Gasteiger partial charge in [-0.05, 0) is 48.2 Å². The third-order valence-corrected chi connectivity index (χ3v) is 4.02. The Morgan fingerprint density at radius 2 is 1.30 bits per heavy atom. The Bertz CT molecular complexity index is 723. The smallest absolute Gasteiger partial charge is 0.412 e. The van der Waals surface area contributed by atoms with E-state index in [4.69, 9.17) is 9.47 Å². The first-order valence-corrected chi connectivity index (χ1v) is 9.49. The van der Waals surface area contributed by atoms with E-state index >= 15 is 0 Å². The Morgan fingerprint density at radius 1 is 0.778 bits per heavy atom. The fourth-order valence-corrected chi connectivity index (χ4v) is 2.44. The molecule has 2 aromatic carbocycles. The van der Waals surface area contributed by atoms with E-state index < -0.39 is 6.09 Å². The number of hydrogen-bond acceptors (Lipinski definition) is 4. The molecule has 0 aliphatic heterocycles. The van der Waals surface area contributed by atoms with E-state index in [2.05, 4.69) is 12.2 Å². The highest BCUT2D eigenvalue weighted by atomic mass is 16.6. The molecule has 1 amide bonds. The number of carbonyl (C=O) groups excluding carboxylic acids is 2. The van der Waals surface area contributed by atoms with Crippen LogP contribution in [0.1, 0.15) is 46.0 Å². The van der Waals surface area contributed by atoms with E-state index in [1.807, 2.05) is 31.2 Å². The van der Waals surface area contributed by atoms with Crippen molar-refractivity contribution in [1.29, 1.82) is 0 Å². The minimum atomic E-state index is -0.439. The molecule has 0 heterocycles. The van der Waals surface area contributed by atoms with Crippen LogP contribution in [0.5, 0.6) is 11.5 Å². The summed E-state index contributed by atoms with van der Waals surface area (Å²) in [5, 5.41) is 2.71. The minimum Gasteiger partial charge on any atom is -0.427 e. The largest absolute Gasteiger partial charge is 0.427 e. The molecule has 1 N–H and O–H groups in total. The molecule has 0 radical (unpaired) electrons. The summed E-state index contributed by atoms with van der Waals surface area (Å²) in [4.78, 5) is 23.3. The van der Waals surface area contributed by atoms with Crippen LogP contribution in [0.3, 0.4) is 0 Å². The molecule has 0 unspecified atom stereocenters. The van der Waals surface area contributed by atoms with Gasteiger partial charge in [0.25, 0.3) is 0 Å². The lowest BCUT2D eigenvalue weighted by atomic mass is 10.1. The summed E-state index contributed by atoms with van der Waals surface area (Å²) in [6, 6.07) is 14.6. The molecule has 144 valence electrons. The second kappa shape index (κ2) is 11.0. The van der Waals surface area contributed by atoms with Crippen LogP contribution in [0, 0.1) is 0 Å². The molecule has 5 heteroatoms. The highest BCUT2D eigenvalue weighted by Gasteiger charge is 2.06. The topological polar surface area (TPSA) is 64.6 Å². The number of carbonyl (C=O) groups is 2. The maximum Gasteiger partial charge on any atom is 0.412 e. The SMILES string of the molecule is CCCCNC(=O)Oc1ccc(-c2ccc(OC(=O)CCCC)cc2)cc1. The molecule has 2 aromatic rings. The number of hydrogen-bond donors (Lipinski definition) is 1. The number of benzene rings is 2. The highest BCUT2D eigenvalue weighted by molar-refractivity contribution is 5.73. The zero-order chi connectivity index (χ0) is 19.5. The molecule has 5 nitrogen and oxygen atoms in total. The monoisotopic (exact) mass is 369 g/mol. The van der Waals surface area contributed by atoms with Crippen LogP contribution >= 0.6 is 0 Å². The summed E-state index contributed by atoms with van der Waals surface area (Å²) in [5.41, 5.74) is 1.97. The molecule has 0 bridgehead atoms. The van der Waals surface area contributed by atoms with Crippen LogP contribution in [-0.4, -0.2) is 18.6 Å². The molecule has 0 atom stereocenters. The Hall–Kier alpha value is -2.82. The van der Waals surface area contributed by atoms with Gasteiger partial charge in [0.1, 0.15) is 11.5 Å². The van der Waals surface area contributed by atoms with Crippen LogP contribution in [0.25, 0.3) is 11.1 Å². The normalized spacial score (nSPS) is 10.3. The summed E-state index contributed by atoms with van der Waals surface area (Å²) >= 11 is 0. The first-order valence-electron chi connectivity index (χ1n) is 9.49. The Morgan fingerprint density at radius 3 is 1.81 bits per heavy atom. The van der Waals surface area contributed by atoms with Gasteiger partial charge in [0.2, 0.25) is 0 Å². The molecule has 0 saturated carbocycles. The maximum atomic E-state index is 11.7. The van der Waals surface area contributed by atoms with Gasteiger partial charge in [0, 0.05) is 13.0 Å². The Labute approximate surface area is 160 Å². The zero-order valence-corrected chi connectivity index (χ0v) is 16.0. The summed E-state index contributed by atoms with van der Waals surface area (Å²) in [6.45, 7) is 4.72. The molecule has 27 heavy (non-hydrogen) atoms. The van der Waals surface area contributed by atoms with Gasteiger partial charge in [-0.2, -0.15) is 0 Å². The van der Waals surface area contributed by atoms with Crippen molar-refractivity contribution in [3.63, 3.8) is 0 Å². The summed E-state index contributed by atoms with van der Waals surface area (Å²) < 4.78 is 10.5. The van der Waals surface area contributed by atoms with Crippen LogP contribution in [0.15, 0.2) is 48.5 Å². The molecule has 0 aliphatic carbocycles. The van der Waals surface area contributed by atoms with Crippen molar-refractivity contribution in [2.75, 3.05) is 6.54 Å². The van der Waals surface area contributed by atoms with Crippen molar-refractivity contribution in [2.45, 2.75) is 46.0 Å². The number of esters is 1. The third kappa shape index (κ3) is 7.13. The van der Waals surface area contributed by atoms with Gasteiger partial charge >= 0.3 is 12.1 Å². The number of unbranched alkanes of at least 4 members (excludes halogenated alkanes) is 2. The standard InChI is InChI=1S/C22H27NO4/c1-3-5-7-21(24)26-19-12-8-17(9-13-19)18-10-14-20(15-11-18)27-22(25)23-16-6-4-2/h8-15H,3-7,16H2,1-2H3,(H,23,25). The van der Waals surface area contributed by atoms with Crippen molar-refractivity contribution >= 4 is 12.1 Å². The van der Waals surface area contributed by atoms with E-state index in [-0.39, 0.29) is 5.97 Å². The lowest BCUT2D eigenvalue weighted by molar-refractivity contribution is -0.134. The van der Waals surface area contributed by atoms with Crippen molar-refractivity contribution in [3.8, 4) is 22.6 Å². The van der Waals surface area contributed by atoms with E-state index in [9.17, 15) is 9.59 Å². The average Bonchev–Trinajstić information content (AvgIpc) is 2.68. The molecular weight excluding hydrogens is 342 g/mol. The molecule has 0 fully saturated rings. The second-order valence-corrected chi connectivity index (χ2v) is 6.30. The number of ether oxygens (including phenoxy) is 2. The second-order valence-electron chi connectivity index (χ2n) is 6.30. The highest BCUT2D eigenvalue weighted by Crippen LogP contribution is 2.25. The third-order valence-electron chi connectivity index (χ3n) is 4.02. The van der Waals surface area contributed by atoms with Crippen molar-refractivity contribution in [1.82, 2.24) is 5.32 Å². The van der Waals surface area contributed by atoms with Gasteiger partial charge in [-0.25, -0.2) is 4.79 Å². The molecule has 0 aliphatic rings. The van der Waals surface area contributed by atoms with Crippen LogP contribution in [-0.2, 0) is 4.79 Å². The van der Waals surface area contributed by atoms with Gasteiger partial charge in [-0.15, -0.1) is 0 Å². The first kappa shape index (κ1) is 20.5. The molecular formula is C22H27NO4. The first-order chi connectivity index (χ1) is 13.1. The predicted molar refractivity (Wildman–Crippen MR) is 106 cm³/mol. The molecule has 0 spiro atoms. The fraction of sp³-hybridized carbons (Fsp3) is 0.364. The van der Waals surface area contributed by atoms with Gasteiger partial charge in [0.05, 0.1) is 0 Å². The minimum absolute atomic E-state index is 0.205. The van der Waals surface area contributed by atoms with Gasteiger partial charge in [-0.3, -0.25) is 4.79 Å². The summed E-state index contributed by atoms with van der Waals surface area (Å²) in [6.07, 6.45) is 3.75. The number of nitrogens with one attached hydrogen (secondary N) is 1. The van der Waals surface area contributed by atoms with Crippen LogP contribution in [0.2, 0.25) is 0 Å². The van der Waals surface area contributed by atoms with Crippen molar-refractivity contribution < 1.29 is 19.1 Å². The lowest BCUT2D eigenvalue weighted by Gasteiger charge is -2.08. The van der Waals surface area contributed by atoms with Crippen molar-refractivity contribution in [2.24, 2.45) is 0 Å². The fourth-order valence-electron chi connectivity index (χ4n) is 2.44. The van der Waals surface area contributed by atoms with Gasteiger partial charge < -0.3 is 14.8 Å². The van der Waals surface area contributed by atoms with Gasteiger partial charge in [-0.1, -0.05) is 51.0 Å². The quantitative estimate of drug-likeness (QED) is 0.368. The summed E-state index contributed by atoms with van der Waals surface area (Å²) in [5.74, 6) is 0.834. The Kier molecular flexibility index (Phi) is 8.36. The number of amides is 1. The van der Waals surface area contributed by atoms with E-state index in [1.54, 1.807) is 24.3 Å². The van der Waals surface area contributed by atoms with Crippen molar-refractivity contribution in [3.05, 3.63) is 48.5 Å². The summed E-state index contributed by atoms with van der Waals surface area (Å²) in [7, 11) is 0. The molecule has 0 saturated heterocycles. The van der Waals surface area contributed by atoms with Crippen LogP contribution in [0.4, 0.5) is 4.79 Å². The lowest BCUT2D eigenvalue weighted by Crippen LogP contribution is -2.27. The predicted octanol–water partition coefficient (Wildman–Crippen LogP) is 5.34. The molecule has 2 rings (SSSR count).